The van der Waals surface area contributed by atoms with Crippen molar-refractivity contribution >= 4 is 11.0 Å². The van der Waals surface area contributed by atoms with E-state index in [0.717, 1.165) is 29.0 Å². The highest BCUT2D eigenvalue weighted by atomic mass is 16.5. The summed E-state index contributed by atoms with van der Waals surface area (Å²) in [6.45, 7) is 7.41. The first-order chi connectivity index (χ1) is 12.1. The van der Waals surface area contributed by atoms with E-state index >= 15 is 0 Å². The van der Waals surface area contributed by atoms with Crippen LogP contribution in [0.1, 0.15) is 42.8 Å². The molecule has 0 amide bonds. The van der Waals surface area contributed by atoms with Crippen LogP contribution in [0.5, 0.6) is 5.75 Å². The number of aromatic nitrogens is 2. The highest BCUT2D eigenvalue weighted by Crippen LogP contribution is 2.24. The summed E-state index contributed by atoms with van der Waals surface area (Å²) in [6, 6.07) is 14.2. The van der Waals surface area contributed by atoms with Crippen molar-refractivity contribution in [3.05, 3.63) is 59.4 Å². The van der Waals surface area contributed by atoms with Gasteiger partial charge in [-0.2, -0.15) is 0 Å². The molecule has 1 heterocycles. The molecule has 0 aliphatic heterocycles. The number of hydrogen-bond donors (Lipinski definition) is 1. The predicted molar refractivity (Wildman–Crippen MR) is 101 cm³/mol. The number of para-hydroxylation sites is 2. The summed E-state index contributed by atoms with van der Waals surface area (Å²) in [5.74, 6) is 1.62. The van der Waals surface area contributed by atoms with Gasteiger partial charge in [0, 0.05) is 0 Å². The van der Waals surface area contributed by atoms with E-state index in [9.17, 15) is 5.11 Å². The molecule has 1 aromatic heterocycles. The van der Waals surface area contributed by atoms with Crippen molar-refractivity contribution in [1.29, 1.82) is 0 Å². The van der Waals surface area contributed by atoms with E-state index in [0.29, 0.717) is 19.6 Å². The number of fused-ring (bicyclic) bond motifs is 1. The molecule has 1 unspecified atom stereocenters. The van der Waals surface area contributed by atoms with Crippen molar-refractivity contribution in [1.82, 2.24) is 9.55 Å². The lowest BCUT2D eigenvalue weighted by molar-refractivity contribution is 0.151. The van der Waals surface area contributed by atoms with Crippen LogP contribution in [0.4, 0.5) is 0 Å². The molecule has 3 aromatic rings. The molecule has 1 N–H and O–H groups in total. The average molecular weight is 338 g/mol. The second kappa shape index (κ2) is 7.70. The maximum absolute atomic E-state index is 10.5. The molecule has 0 aliphatic rings. The van der Waals surface area contributed by atoms with Crippen LogP contribution in [0.15, 0.2) is 42.5 Å². The molecule has 0 radical (unpaired) electrons. The van der Waals surface area contributed by atoms with Crippen LogP contribution in [0.2, 0.25) is 0 Å². The van der Waals surface area contributed by atoms with Gasteiger partial charge in [-0.05, 0) is 55.7 Å². The Hall–Kier alpha value is -2.33. The largest absolute Gasteiger partial charge is 0.492 e. The monoisotopic (exact) mass is 338 g/mol. The number of benzene rings is 2. The summed E-state index contributed by atoms with van der Waals surface area (Å²) in [5, 5.41) is 10.5. The van der Waals surface area contributed by atoms with Crippen LogP contribution >= 0.6 is 0 Å². The second-order valence-electron chi connectivity index (χ2n) is 6.59. The molecule has 0 bridgehead atoms. The first-order valence-corrected chi connectivity index (χ1v) is 8.93. The molecular formula is C21H26N2O2. The summed E-state index contributed by atoms with van der Waals surface area (Å²) in [4.78, 5) is 4.64. The lowest BCUT2D eigenvalue weighted by Gasteiger charge is -2.14. The Balaban J connectivity index is 1.80. The number of ether oxygens (including phenoxy) is 1. The zero-order valence-electron chi connectivity index (χ0n) is 15.2. The highest BCUT2D eigenvalue weighted by Gasteiger charge is 2.17. The van der Waals surface area contributed by atoms with Gasteiger partial charge in [0.15, 0.2) is 0 Å². The SMILES string of the molecule is CCCC(O)c1nc2ccccc2n1CCOc1cc(C)cc(C)c1. The van der Waals surface area contributed by atoms with Gasteiger partial charge in [-0.25, -0.2) is 4.98 Å². The lowest BCUT2D eigenvalue weighted by Crippen LogP contribution is -2.14. The Kier molecular flexibility index (Phi) is 5.39. The Morgan fingerprint density at radius 2 is 1.84 bits per heavy atom. The van der Waals surface area contributed by atoms with Crippen LogP contribution in [0.3, 0.4) is 0 Å². The summed E-state index contributed by atoms with van der Waals surface area (Å²) >= 11 is 0. The third-order valence-corrected chi connectivity index (χ3v) is 4.32. The van der Waals surface area contributed by atoms with E-state index in [1.165, 1.54) is 11.1 Å². The van der Waals surface area contributed by atoms with Gasteiger partial charge in [0.2, 0.25) is 0 Å². The molecule has 4 nitrogen and oxygen atoms in total. The minimum Gasteiger partial charge on any atom is -0.492 e. The van der Waals surface area contributed by atoms with Crippen LogP contribution in [0, 0.1) is 13.8 Å². The van der Waals surface area contributed by atoms with Crippen LogP contribution in [0.25, 0.3) is 11.0 Å². The van der Waals surface area contributed by atoms with E-state index < -0.39 is 6.10 Å². The summed E-state index contributed by atoms with van der Waals surface area (Å²) in [5.41, 5.74) is 4.35. The van der Waals surface area contributed by atoms with Crippen LogP contribution < -0.4 is 4.74 Å². The van der Waals surface area contributed by atoms with Gasteiger partial charge in [0.05, 0.1) is 17.6 Å². The Bertz CT molecular complexity index is 834. The quantitative estimate of drug-likeness (QED) is 0.687. The van der Waals surface area contributed by atoms with Crippen LogP contribution in [-0.2, 0) is 6.54 Å². The highest BCUT2D eigenvalue weighted by molar-refractivity contribution is 5.76. The number of nitrogens with zero attached hydrogens (tertiary/aromatic N) is 2. The van der Waals surface area contributed by atoms with Crippen molar-refractivity contribution in [2.75, 3.05) is 6.61 Å². The summed E-state index contributed by atoms with van der Waals surface area (Å²) < 4.78 is 8.04. The van der Waals surface area contributed by atoms with E-state index in [4.69, 9.17) is 4.74 Å². The molecule has 0 spiro atoms. The molecule has 0 saturated carbocycles. The number of hydrogen-bond acceptors (Lipinski definition) is 3. The molecule has 132 valence electrons. The summed E-state index contributed by atoms with van der Waals surface area (Å²) in [6.07, 6.45) is 1.09. The second-order valence-corrected chi connectivity index (χ2v) is 6.59. The fraction of sp³-hybridized carbons (Fsp3) is 0.381. The standard InChI is InChI=1S/C21H26N2O2/c1-4-7-20(24)21-22-18-8-5-6-9-19(18)23(21)10-11-25-17-13-15(2)12-16(3)14-17/h5-6,8-9,12-14,20,24H,4,7,10-11H2,1-3H3. The zero-order valence-corrected chi connectivity index (χ0v) is 15.2. The Labute approximate surface area is 149 Å². The molecule has 0 aliphatic carbocycles. The van der Waals surface area contributed by atoms with Gasteiger partial charge in [-0.3, -0.25) is 0 Å². The normalized spacial score (nSPS) is 12.5. The lowest BCUT2D eigenvalue weighted by atomic mass is 10.1. The van der Waals surface area contributed by atoms with Crippen molar-refractivity contribution in [2.45, 2.75) is 46.3 Å². The maximum Gasteiger partial charge on any atom is 0.138 e. The van der Waals surface area contributed by atoms with E-state index in [1.54, 1.807) is 0 Å². The fourth-order valence-corrected chi connectivity index (χ4v) is 3.26. The molecular weight excluding hydrogens is 312 g/mol. The molecule has 3 rings (SSSR count). The Morgan fingerprint density at radius 1 is 1.12 bits per heavy atom. The number of imidazole rings is 1. The van der Waals surface area contributed by atoms with Gasteiger partial charge in [-0.1, -0.05) is 31.5 Å². The average Bonchev–Trinajstić information content (AvgIpc) is 2.93. The van der Waals surface area contributed by atoms with Gasteiger partial charge in [0.1, 0.15) is 24.3 Å². The van der Waals surface area contributed by atoms with Crippen molar-refractivity contribution in [3.8, 4) is 5.75 Å². The van der Waals surface area contributed by atoms with E-state index in [1.807, 2.05) is 36.4 Å². The van der Waals surface area contributed by atoms with Gasteiger partial charge < -0.3 is 14.4 Å². The van der Waals surface area contributed by atoms with Gasteiger partial charge in [-0.15, -0.1) is 0 Å². The number of aliphatic hydroxyl groups is 1. The smallest absolute Gasteiger partial charge is 0.138 e. The van der Waals surface area contributed by atoms with E-state index in [-0.39, 0.29) is 0 Å². The zero-order chi connectivity index (χ0) is 17.8. The third kappa shape index (κ3) is 4.02. The van der Waals surface area contributed by atoms with Gasteiger partial charge in [0.25, 0.3) is 0 Å². The first-order valence-electron chi connectivity index (χ1n) is 8.93. The van der Waals surface area contributed by atoms with Gasteiger partial charge >= 0.3 is 0 Å². The molecule has 4 heteroatoms. The number of aryl methyl sites for hydroxylation is 2. The van der Waals surface area contributed by atoms with E-state index in [2.05, 4.69) is 36.4 Å². The molecule has 25 heavy (non-hydrogen) atoms. The van der Waals surface area contributed by atoms with Crippen molar-refractivity contribution < 1.29 is 9.84 Å². The topological polar surface area (TPSA) is 47.3 Å². The number of aliphatic hydroxyl groups excluding tert-OH is 1. The minimum absolute atomic E-state index is 0.537. The molecule has 0 fully saturated rings. The van der Waals surface area contributed by atoms with Crippen LogP contribution in [-0.4, -0.2) is 21.3 Å². The van der Waals surface area contributed by atoms with Crippen molar-refractivity contribution in [3.63, 3.8) is 0 Å². The minimum atomic E-state index is -0.543. The summed E-state index contributed by atoms with van der Waals surface area (Å²) in [7, 11) is 0. The fourth-order valence-electron chi connectivity index (χ4n) is 3.26. The first kappa shape index (κ1) is 17.5. The predicted octanol–water partition coefficient (Wildman–Crippen LogP) is 4.57. The third-order valence-electron chi connectivity index (χ3n) is 4.32. The molecule has 2 aromatic carbocycles. The molecule has 0 saturated heterocycles. The maximum atomic E-state index is 10.5. The Morgan fingerprint density at radius 3 is 2.56 bits per heavy atom. The van der Waals surface area contributed by atoms with Crippen molar-refractivity contribution in [2.24, 2.45) is 0 Å². The number of rotatable bonds is 7. The molecule has 1 atom stereocenters.